The van der Waals surface area contributed by atoms with Crippen molar-refractivity contribution in [3.05, 3.63) is 0 Å². The molecule has 0 aromatic rings. The van der Waals surface area contributed by atoms with Crippen molar-refractivity contribution in [1.29, 1.82) is 0 Å². The van der Waals surface area contributed by atoms with Gasteiger partial charge in [0.15, 0.2) is 0 Å². The summed E-state index contributed by atoms with van der Waals surface area (Å²) in [5.74, 6) is 0. The van der Waals surface area contributed by atoms with Crippen molar-refractivity contribution in [2.24, 2.45) is 0 Å². The highest BCUT2D eigenvalue weighted by molar-refractivity contribution is 7.90. The summed E-state index contributed by atoms with van der Waals surface area (Å²) < 4.78 is 31.2. The standard InChI is InChI=1S/C10H20N2O3S/c1-10(2,3)12-8-9(12)16(13,14)11-4-6-15-7-5-11/h9H,4-8H2,1-3H3. The third-order valence-electron chi connectivity index (χ3n) is 3.10. The van der Waals surface area contributed by atoms with Crippen LogP contribution in [0.4, 0.5) is 0 Å². The third-order valence-corrected chi connectivity index (χ3v) is 5.28. The van der Waals surface area contributed by atoms with Gasteiger partial charge in [0.1, 0.15) is 5.37 Å². The summed E-state index contributed by atoms with van der Waals surface area (Å²) in [6.07, 6.45) is 0. The zero-order valence-electron chi connectivity index (χ0n) is 10.1. The fraction of sp³-hybridized carbons (Fsp3) is 1.00. The molecule has 5 nitrogen and oxygen atoms in total. The summed E-state index contributed by atoms with van der Waals surface area (Å²) in [4.78, 5) is 2.01. The van der Waals surface area contributed by atoms with Crippen LogP contribution in [0.5, 0.6) is 0 Å². The van der Waals surface area contributed by atoms with Gasteiger partial charge in [-0.3, -0.25) is 4.90 Å². The van der Waals surface area contributed by atoms with Gasteiger partial charge >= 0.3 is 0 Å². The van der Waals surface area contributed by atoms with Gasteiger partial charge in [0, 0.05) is 25.2 Å². The highest BCUT2D eigenvalue weighted by Gasteiger charge is 2.52. The molecule has 2 rings (SSSR count). The van der Waals surface area contributed by atoms with Crippen LogP contribution in [0, 0.1) is 0 Å². The summed E-state index contributed by atoms with van der Waals surface area (Å²) in [5, 5.41) is -0.314. The number of nitrogens with zero attached hydrogens (tertiary/aromatic N) is 2. The van der Waals surface area contributed by atoms with Crippen LogP contribution in [0.1, 0.15) is 20.8 Å². The molecular weight excluding hydrogens is 228 g/mol. The first-order valence-corrected chi connectivity index (χ1v) is 7.17. The first-order valence-electron chi connectivity index (χ1n) is 5.67. The molecule has 6 heteroatoms. The quantitative estimate of drug-likeness (QED) is 0.650. The Labute approximate surface area is 97.4 Å². The van der Waals surface area contributed by atoms with Crippen molar-refractivity contribution in [3.8, 4) is 0 Å². The average molecular weight is 248 g/mol. The van der Waals surface area contributed by atoms with E-state index in [1.54, 1.807) is 4.31 Å². The Hall–Kier alpha value is -0.170. The summed E-state index contributed by atoms with van der Waals surface area (Å²) in [6, 6.07) is 0. The zero-order valence-corrected chi connectivity index (χ0v) is 11.0. The smallest absolute Gasteiger partial charge is 0.231 e. The Balaban J connectivity index is 2.04. The van der Waals surface area contributed by atoms with Crippen molar-refractivity contribution < 1.29 is 13.2 Å². The van der Waals surface area contributed by atoms with Crippen molar-refractivity contribution in [1.82, 2.24) is 9.21 Å². The minimum atomic E-state index is -3.14. The van der Waals surface area contributed by atoms with Crippen LogP contribution in [0.2, 0.25) is 0 Å². The number of rotatable bonds is 2. The SMILES string of the molecule is CC(C)(C)N1CC1S(=O)(=O)N1CCOCC1. The van der Waals surface area contributed by atoms with E-state index >= 15 is 0 Å². The molecule has 16 heavy (non-hydrogen) atoms. The molecule has 0 aromatic heterocycles. The lowest BCUT2D eigenvalue weighted by Crippen LogP contribution is -2.44. The van der Waals surface area contributed by atoms with Crippen molar-refractivity contribution in [3.63, 3.8) is 0 Å². The number of morpholine rings is 1. The van der Waals surface area contributed by atoms with Gasteiger partial charge in [-0.1, -0.05) is 0 Å². The maximum absolute atomic E-state index is 12.2. The van der Waals surface area contributed by atoms with E-state index in [2.05, 4.69) is 0 Å². The van der Waals surface area contributed by atoms with Gasteiger partial charge in [-0.15, -0.1) is 0 Å². The average Bonchev–Trinajstić information content (AvgIpc) is 2.98. The molecule has 2 fully saturated rings. The molecular formula is C10H20N2O3S. The lowest BCUT2D eigenvalue weighted by atomic mass is 10.1. The van der Waals surface area contributed by atoms with E-state index in [0.29, 0.717) is 32.8 Å². The van der Waals surface area contributed by atoms with Crippen molar-refractivity contribution >= 4 is 10.0 Å². The van der Waals surface area contributed by atoms with Gasteiger partial charge in [0.2, 0.25) is 10.0 Å². The van der Waals surface area contributed by atoms with Crippen molar-refractivity contribution in [2.75, 3.05) is 32.8 Å². The number of hydrogen-bond acceptors (Lipinski definition) is 4. The maximum atomic E-state index is 12.2. The minimum absolute atomic E-state index is 0.0655. The van der Waals surface area contributed by atoms with E-state index in [9.17, 15) is 8.42 Å². The molecule has 2 aliphatic heterocycles. The second-order valence-electron chi connectivity index (χ2n) is 5.33. The molecule has 2 atom stereocenters. The predicted molar refractivity (Wildman–Crippen MR) is 61.6 cm³/mol. The Morgan fingerprint density at radius 3 is 2.19 bits per heavy atom. The number of ether oxygens (including phenoxy) is 1. The van der Waals surface area contributed by atoms with E-state index in [1.165, 1.54) is 0 Å². The molecule has 0 spiro atoms. The van der Waals surface area contributed by atoms with Crippen LogP contribution in [-0.4, -0.2) is 61.4 Å². The monoisotopic (exact) mass is 248 g/mol. The lowest BCUT2D eigenvalue weighted by molar-refractivity contribution is 0.0726. The summed E-state index contributed by atoms with van der Waals surface area (Å²) in [6.45, 7) is 8.81. The van der Waals surface area contributed by atoms with Gasteiger partial charge in [-0.25, -0.2) is 8.42 Å². The second-order valence-corrected chi connectivity index (χ2v) is 7.42. The summed E-state index contributed by atoms with van der Waals surface area (Å²) >= 11 is 0. The molecule has 2 aliphatic rings. The third kappa shape index (κ3) is 2.25. The van der Waals surface area contributed by atoms with Gasteiger partial charge < -0.3 is 4.74 Å². The highest BCUT2D eigenvalue weighted by Crippen LogP contribution is 2.34. The molecule has 0 amide bonds. The van der Waals surface area contributed by atoms with Crippen molar-refractivity contribution in [2.45, 2.75) is 31.7 Å². The Morgan fingerprint density at radius 2 is 1.75 bits per heavy atom. The molecule has 0 N–H and O–H groups in total. The minimum Gasteiger partial charge on any atom is -0.379 e. The molecule has 0 aliphatic carbocycles. The van der Waals surface area contributed by atoms with Crippen LogP contribution in [0.3, 0.4) is 0 Å². The van der Waals surface area contributed by atoms with Gasteiger partial charge in [-0.05, 0) is 20.8 Å². The molecule has 0 saturated carbocycles. The number of hydrogen-bond donors (Lipinski definition) is 0. The molecule has 94 valence electrons. The first-order chi connectivity index (χ1) is 7.33. The molecule has 0 bridgehead atoms. The molecule has 2 unspecified atom stereocenters. The van der Waals surface area contributed by atoms with Gasteiger partial charge in [-0.2, -0.15) is 4.31 Å². The Morgan fingerprint density at radius 1 is 1.19 bits per heavy atom. The summed E-state index contributed by atoms with van der Waals surface area (Å²) in [7, 11) is -3.14. The van der Waals surface area contributed by atoms with Gasteiger partial charge in [0.25, 0.3) is 0 Å². The van der Waals surface area contributed by atoms with E-state index in [-0.39, 0.29) is 10.9 Å². The van der Waals surface area contributed by atoms with Gasteiger partial charge in [0.05, 0.1) is 13.2 Å². The molecule has 2 heterocycles. The largest absolute Gasteiger partial charge is 0.379 e. The summed E-state index contributed by atoms with van der Waals surface area (Å²) in [5.41, 5.74) is -0.0655. The van der Waals surface area contributed by atoms with Crippen LogP contribution < -0.4 is 0 Å². The van der Waals surface area contributed by atoms with Crippen LogP contribution >= 0.6 is 0 Å². The highest BCUT2D eigenvalue weighted by atomic mass is 32.2. The second kappa shape index (κ2) is 3.94. The fourth-order valence-electron chi connectivity index (χ4n) is 2.06. The maximum Gasteiger partial charge on any atom is 0.231 e. The Kier molecular flexibility index (Phi) is 3.03. The molecule has 0 aromatic carbocycles. The molecule has 2 saturated heterocycles. The van der Waals surface area contributed by atoms with Crippen LogP contribution in [-0.2, 0) is 14.8 Å². The van der Waals surface area contributed by atoms with E-state index in [4.69, 9.17) is 4.74 Å². The normalized spacial score (nSPS) is 32.7. The van der Waals surface area contributed by atoms with E-state index in [1.807, 2.05) is 25.7 Å². The topological polar surface area (TPSA) is 49.6 Å². The predicted octanol–water partition coefficient (Wildman–Crippen LogP) is 0.0886. The van der Waals surface area contributed by atoms with Crippen LogP contribution in [0.15, 0.2) is 0 Å². The first kappa shape index (κ1) is 12.3. The lowest BCUT2D eigenvalue weighted by Gasteiger charge is -2.28. The number of sulfonamides is 1. The Bertz CT molecular complexity index is 355. The van der Waals surface area contributed by atoms with E-state index in [0.717, 1.165) is 0 Å². The zero-order chi connectivity index (χ0) is 12.0. The van der Waals surface area contributed by atoms with E-state index < -0.39 is 10.0 Å². The molecule has 0 radical (unpaired) electrons. The fourth-order valence-corrected chi connectivity index (χ4v) is 4.04. The van der Waals surface area contributed by atoms with Crippen LogP contribution in [0.25, 0.3) is 0 Å².